The summed E-state index contributed by atoms with van der Waals surface area (Å²) in [4.78, 5) is 0. The van der Waals surface area contributed by atoms with Crippen LogP contribution in [0.15, 0.2) is 30.3 Å². The number of benzene rings is 1. The van der Waals surface area contributed by atoms with E-state index in [0.717, 1.165) is 44.1 Å². The van der Waals surface area contributed by atoms with E-state index in [1.807, 2.05) is 30.3 Å². The summed E-state index contributed by atoms with van der Waals surface area (Å²) in [5, 5.41) is 32.4. The second-order valence-electron chi connectivity index (χ2n) is 13.7. The Morgan fingerprint density at radius 2 is 1.57 bits per heavy atom. The fraction of sp³-hybridized carbons (Fsp3) is 0.806. The smallest absolute Gasteiger partial charge is 0.393 e. The maximum atomic E-state index is 13.6. The minimum absolute atomic E-state index is 0.0732. The van der Waals surface area contributed by atoms with Crippen molar-refractivity contribution in [1.29, 1.82) is 0 Å². The topological polar surface area (TPSA) is 60.7 Å². The fourth-order valence-electron chi connectivity index (χ4n) is 9.93. The molecular formula is C31H45F3O3. The lowest BCUT2D eigenvalue weighted by atomic mass is 9.43. The van der Waals surface area contributed by atoms with Crippen molar-refractivity contribution in [3.05, 3.63) is 35.9 Å². The SMILES string of the molecule is CC(C(O)CC(O)c1ccccc1)[C@H]1CC[C@H]2[C@@H]3CC[C@H]4C[C@](O)(C(F)(F)F)CC[C@]4(C)[C@H]3CC[C@]12C. The first-order valence-electron chi connectivity index (χ1n) is 14.5. The third kappa shape index (κ3) is 4.47. The Balaban J connectivity index is 1.28. The van der Waals surface area contributed by atoms with Crippen molar-refractivity contribution in [2.75, 3.05) is 0 Å². The minimum Gasteiger partial charge on any atom is -0.393 e. The van der Waals surface area contributed by atoms with Crippen LogP contribution in [0.25, 0.3) is 0 Å². The van der Waals surface area contributed by atoms with Crippen molar-refractivity contribution < 1.29 is 28.5 Å². The van der Waals surface area contributed by atoms with Gasteiger partial charge in [0.05, 0.1) is 12.2 Å². The fourth-order valence-corrected chi connectivity index (χ4v) is 9.93. The number of rotatable bonds is 5. The zero-order valence-corrected chi connectivity index (χ0v) is 22.6. The molecule has 11 atom stereocenters. The summed E-state index contributed by atoms with van der Waals surface area (Å²) in [7, 11) is 0. The van der Waals surface area contributed by atoms with Gasteiger partial charge >= 0.3 is 6.18 Å². The third-order valence-electron chi connectivity index (χ3n) is 12.2. The molecule has 4 fully saturated rings. The van der Waals surface area contributed by atoms with Gasteiger partial charge in [0.1, 0.15) is 0 Å². The van der Waals surface area contributed by atoms with Gasteiger partial charge in [-0.25, -0.2) is 0 Å². The largest absolute Gasteiger partial charge is 0.417 e. The van der Waals surface area contributed by atoms with Crippen LogP contribution in [-0.2, 0) is 0 Å². The van der Waals surface area contributed by atoms with Crippen molar-refractivity contribution in [2.24, 2.45) is 46.3 Å². The van der Waals surface area contributed by atoms with Gasteiger partial charge in [-0.05, 0) is 110 Å². The summed E-state index contributed by atoms with van der Waals surface area (Å²) in [5.74, 6) is 1.85. The van der Waals surface area contributed by atoms with Crippen molar-refractivity contribution >= 4 is 0 Å². The van der Waals surface area contributed by atoms with E-state index in [1.165, 1.54) is 0 Å². The van der Waals surface area contributed by atoms with Gasteiger partial charge in [0.15, 0.2) is 5.60 Å². The van der Waals surface area contributed by atoms with Gasteiger partial charge < -0.3 is 15.3 Å². The van der Waals surface area contributed by atoms with Crippen molar-refractivity contribution in [2.45, 2.75) is 109 Å². The highest BCUT2D eigenvalue weighted by atomic mass is 19.4. The number of fused-ring (bicyclic) bond motifs is 5. The molecule has 0 spiro atoms. The van der Waals surface area contributed by atoms with E-state index in [9.17, 15) is 28.5 Å². The summed E-state index contributed by atoms with van der Waals surface area (Å²) in [6, 6.07) is 9.52. The zero-order chi connectivity index (χ0) is 26.8. The lowest BCUT2D eigenvalue weighted by Gasteiger charge is -2.62. The minimum atomic E-state index is -4.56. The van der Waals surface area contributed by atoms with E-state index in [0.29, 0.717) is 36.5 Å². The van der Waals surface area contributed by atoms with Crippen LogP contribution in [0.2, 0.25) is 0 Å². The normalized spacial score (nSPS) is 44.3. The zero-order valence-electron chi connectivity index (χ0n) is 22.6. The molecule has 0 aliphatic heterocycles. The number of aliphatic hydroxyl groups is 3. The predicted octanol–water partition coefficient (Wildman–Crippen LogP) is 7.06. The van der Waals surface area contributed by atoms with Crippen LogP contribution in [0, 0.1) is 46.3 Å². The first-order valence-corrected chi connectivity index (χ1v) is 14.5. The molecule has 3 N–H and O–H groups in total. The molecule has 3 unspecified atom stereocenters. The average Bonchev–Trinajstić information content (AvgIpc) is 3.21. The molecule has 0 bridgehead atoms. The molecule has 37 heavy (non-hydrogen) atoms. The van der Waals surface area contributed by atoms with E-state index >= 15 is 0 Å². The molecule has 0 aromatic heterocycles. The number of alkyl halides is 3. The number of halogens is 3. The summed E-state index contributed by atoms with van der Waals surface area (Å²) < 4.78 is 40.9. The van der Waals surface area contributed by atoms with Crippen LogP contribution >= 0.6 is 0 Å². The van der Waals surface area contributed by atoms with Crippen LogP contribution in [-0.4, -0.2) is 33.2 Å². The molecule has 4 aliphatic carbocycles. The van der Waals surface area contributed by atoms with E-state index in [-0.39, 0.29) is 35.5 Å². The highest BCUT2D eigenvalue weighted by molar-refractivity contribution is 5.18. The molecule has 1 aromatic rings. The summed E-state index contributed by atoms with van der Waals surface area (Å²) in [6.45, 7) is 6.76. The average molecular weight is 523 g/mol. The maximum Gasteiger partial charge on any atom is 0.417 e. The van der Waals surface area contributed by atoms with Gasteiger partial charge in [-0.3, -0.25) is 0 Å². The Labute approximate surface area is 219 Å². The highest BCUT2D eigenvalue weighted by Crippen LogP contribution is 2.69. The van der Waals surface area contributed by atoms with Gasteiger partial charge in [-0.15, -0.1) is 0 Å². The summed E-state index contributed by atoms with van der Waals surface area (Å²) in [6.07, 6.45) is 0.629. The molecule has 4 saturated carbocycles. The Morgan fingerprint density at radius 3 is 2.24 bits per heavy atom. The maximum absolute atomic E-state index is 13.6. The molecule has 6 heteroatoms. The molecule has 0 radical (unpaired) electrons. The van der Waals surface area contributed by atoms with Crippen LogP contribution < -0.4 is 0 Å². The van der Waals surface area contributed by atoms with E-state index in [1.54, 1.807) is 0 Å². The monoisotopic (exact) mass is 522 g/mol. The standard InChI is InChI=1S/C31H45F3O3/c1-19(26(35)17-27(36)20-7-5-4-6-8-20)23-11-12-24-22-10-9-21-18-30(37,31(32,33)34)16-15-28(21,2)25(22)13-14-29(23,24)3/h4-8,19,21-27,35-37H,9-18H2,1-3H3/t19?,21-,22-,23+,24-,25-,26?,27?,28-,29+,30-/m0/s1. The molecule has 0 saturated heterocycles. The number of hydrogen-bond donors (Lipinski definition) is 3. The Morgan fingerprint density at radius 1 is 0.892 bits per heavy atom. The second-order valence-corrected chi connectivity index (χ2v) is 13.7. The molecule has 1 aromatic carbocycles. The van der Waals surface area contributed by atoms with E-state index in [4.69, 9.17) is 0 Å². The van der Waals surface area contributed by atoms with Crippen molar-refractivity contribution in [1.82, 2.24) is 0 Å². The first kappa shape index (κ1) is 27.5. The van der Waals surface area contributed by atoms with Gasteiger partial charge in [0.2, 0.25) is 0 Å². The highest BCUT2D eigenvalue weighted by Gasteiger charge is 2.65. The number of aliphatic hydroxyl groups excluding tert-OH is 2. The quantitative estimate of drug-likeness (QED) is 0.388. The molecule has 0 amide bonds. The van der Waals surface area contributed by atoms with E-state index < -0.39 is 24.0 Å². The molecule has 5 rings (SSSR count). The first-order chi connectivity index (χ1) is 17.3. The number of hydrogen-bond acceptors (Lipinski definition) is 3. The van der Waals surface area contributed by atoms with Gasteiger partial charge in [-0.2, -0.15) is 13.2 Å². The lowest BCUT2D eigenvalue weighted by molar-refractivity contribution is -0.290. The van der Waals surface area contributed by atoms with Gasteiger partial charge in [0, 0.05) is 6.42 Å². The second kappa shape index (κ2) is 9.52. The van der Waals surface area contributed by atoms with Crippen molar-refractivity contribution in [3.63, 3.8) is 0 Å². The molecular weight excluding hydrogens is 477 g/mol. The van der Waals surface area contributed by atoms with Gasteiger partial charge in [0.25, 0.3) is 0 Å². The predicted molar refractivity (Wildman–Crippen MR) is 137 cm³/mol. The van der Waals surface area contributed by atoms with Crippen LogP contribution in [0.5, 0.6) is 0 Å². The Bertz CT molecular complexity index is 953. The molecule has 0 heterocycles. The Kier molecular flexibility index (Phi) is 7.06. The summed E-state index contributed by atoms with van der Waals surface area (Å²) >= 11 is 0. The molecule has 4 aliphatic rings. The van der Waals surface area contributed by atoms with E-state index in [2.05, 4.69) is 20.8 Å². The third-order valence-corrected chi connectivity index (χ3v) is 12.2. The molecule has 208 valence electrons. The van der Waals surface area contributed by atoms with Crippen LogP contribution in [0.1, 0.15) is 96.6 Å². The van der Waals surface area contributed by atoms with Crippen LogP contribution in [0.3, 0.4) is 0 Å². The van der Waals surface area contributed by atoms with Crippen molar-refractivity contribution in [3.8, 4) is 0 Å². The van der Waals surface area contributed by atoms with Gasteiger partial charge in [-0.1, -0.05) is 51.1 Å². The van der Waals surface area contributed by atoms with Crippen LogP contribution in [0.4, 0.5) is 13.2 Å². The molecule has 3 nitrogen and oxygen atoms in total. The lowest BCUT2D eigenvalue weighted by Crippen LogP contribution is -2.59. The Hall–Kier alpha value is -1.11. The summed E-state index contributed by atoms with van der Waals surface area (Å²) in [5.41, 5.74) is -1.71.